The van der Waals surface area contributed by atoms with Crippen molar-refractivity contribution in [3.8, 4) is 0 Å². The maximum absolute atomic E-state index is 6.03. The normalized spacial score (nSPS) is 18.2. The Bertz CT molecular complexity index is 582. The summed E-state index contributed by atoms with van der Waals surface area (Å²) in [5, 5.41) is 0. The highest BCUT2D eigenvalue weighted by Gasteiger charge is 2.12. The van der Waals surface area contributed by atoms with Gasteiger partial charge in [0.25, 0.3) is 0 Å². The molecule has 0 aliphatic heterocycles. The molecule has 0 fully saturated rings. The van der Waals surface area contributed by atoms with Gasteiger partial charge in [0, 0.05) is 0 Å². The molecule has 0 aromatic heterocycles. The highest BCUT2D eigenvalue weighted by Crippen LogP contribution is 2.16. The Morgan fingerprint density at radius 2 is 1.32 bits per heavy atom. The molecular formula is C14H9B5. The maximum atomic E-state index is 6.03. The average molecular weight is 231 g/mol. The first kappa shape index (κ1) is 14.2. The molecule has 0 N–H and O–H groups in total. The standard InChI is InChI=1S/C14H9B5/c1-7-3-2-4-8(6-5-7)9-10(15)12(17)14(19)13(18)11(9)16/h2-7H,1H3. The summed E-state index contributed by atoms with van der Waals surface area (Å²) in [6.07, 6.45) is 9.97. The zero-order valence-corrected chi connectivity index (χ0v) is 10.9. The third-order valence-corrected chi connectivity index (χ3v) is 3.26. The van der Waals surface area contributed by atoms with Gasteiger partial charge in [0.05, 0.1) is 0 Å². The van der Waals surface area contributed by atoms with Crippen molar-refractivity contribution in [2.45, 2.75) is 6.92 Å². The van der Waals surface area contributed by atoms with Crippen LogP contribution in [0.5, 0.6) is 0 Å². The van der Waals surface area contributed by atoms with Crippen LogP contribution in [-0.4, -0.2) is 39.2 Å². The fourth-order valence-electron chi connectivity index (χ4n) is 2.04. The van der Waals surface area contributed by atoms with Gasteiger partial charge < -0.3 is 0 Å². The minimum Gasteiger partial charge on any atom is -0.112 e. The quantitative estimate of drug-likeness (QED) is 0.481. The first-order chi connectivity index (χ1) is 8.93. The maximum Gasteiger partial charge on any atom is 0.113 e. The van der Waals surface area contributed by atoms with E-state index >= 15 is 0 Å². The van der Waals surface area contributed by atoms with Crippen LogP contribution in [0.25, 0.3) is 5.57 Å². The molecule has 1 aromatic carbocycles. The molecule has 0 saturated heterocycles. The van der Waals surface area contributed by atoms with Crippen molar-refractivity contribution in [2.24, 2.45) is 5.92 Å². The highest BCUT2D eigenvalue weighted by molar-refractivity contribution is 6.67. The van der Waals surface area contributed by atoms with E-state index in [9.17, 15) is 0 Å². The first-order valence-electron chi connectivity index (χ1n) is 6.01. The van der Waals surface area contributed by atoms with Gasteiger partial charge >= 0.3 is 0 Å². The number of benzene rings is 1. The lowest BCUT2D eigenvalue weighted by Crippen LogP contribution is -2.56. The molecule has 0 spiro atoms. The average Bonchev–Trinajstić information content (AvgIpc) is 2.60. The van der Waals surface area contributed by atoms with E-state index in [2.05, 4.69) is 19.1 Å². The van der Waals surface area contributed by atoms with Gasteiger partial charge in [0.1, 0.15) is 39.2 Å². The third kappa shape index (κ3) is 2.56. The Labute approximate surface area is 121 Å². The van der Waals surface area contributed by atoms with Crippen molar-refractivity contribution >= 4 is 72.1 Å². The van der Waals surface area contributed by atoms with Crippen molar-refractivity contribution in [1.82, 2.24) is 0 Å². The Balaban J connectivity index is 2.67. The van der Waals surface area contributed by atoms with Gasteiger partial charge in [-0.05, 0) is 17.1 Å². The van der Waals surface area contributed by atoms with Crippen LogP contribution in [0, 0.1) is 5.92 Å². The van der Waals surface area contributed by atoms with Crippen LogP contribution in [0.4, 0.5) is 0 Å². The highest BCUT2D eigenvalue weighted by atomic mass is 14.1. The molecule has 10 radical (unpaired) electrons. The minimum atomic E-state index is 0.237. The van der Waals surface area contributed by atoms with Crippen molar-refractivity contribution < 1.29 is 0 Å². The van der Waals surface area contributed by atoms with Crippen LogP contribution in [0.1, 0.15) is 12.5 Å². The van der Waals surface area contributed by atoms with Gasteiger partial charge in [-0.3, -0.25) is 0 Å². The lowest BCUT2D eigenvalue weighted by Gasteiger charge is -2.21. The van der Waals surface area contributed by atoms with Gasteiger partial charge in [-0.1, -0.05) is 48.2 Å². The summed E-state index contributed by atoms with van der Waals surface area (Å²) in [6, 6.07) is 0. The van der Waals surface area contributed by atoms with Crippen molar-refractivity contribution in [3.63, 3.8) is 0 Å². The largest absolute Gasteiger partial charge is 0.113 e. The second kappa shape index (κ2) is 5.40. The van der Waals surface area contributed by atoms with E-state index in [4.69, 9.17) is 39.2 Å². The molecule has 19 heavy (non-hydrogen) atoms. The number of rotatable bonds is 1. The van der Waals surface area contributed by atoms with E-state index in [1.165, 1.54) is 0 Å². The summed E-state index contributed by atoms with van der Waals surface area (Å²) in [5.74, 6) is 0.347. The van der Waals surface area contributed by atoms with Crippen molar-refractivity contribution in [1.29, 1.82) is 0 Å². The smallest absolute Gasteiger partial charge is 0.112 e. The van der Waals surface area contributed by atoms with Crippen LogP contribution in [-0.2, 0) is 0 Å². The van der Waals surface area contributed by atoms with Crippen molar-refractivity contribution in [2.75, 3.05) is 0 Å². The third-order valence-electron chi connectivity index (χ3n) is 3.26. The summed E-state index contributed by atoms with van der Waals surface area (Å²) in [7, 11) is 29.6. The zero-order chi connectivity index (χ0) is 14.2. The van der Waals surface area contributed by atoms with Gasteiger partial charge in [-0.25, -0.2) is 0 Å². The van der Waals surface area contributed by atoms with Gasteiger partial charge in [-0.2, -0.15) is 0 Å². The number of hydrogen-bond donors (Lipinski definition) is 0. The van der Waals surface area contributed by atoms with Crippen LogP contribution in [0.3, 0.4) is 0 Å². The first-order valence-corrected chi connectivity index (χ1v) is 6.01. The monoisotopic (exact) mass is 232 g/mol. The van der Waals surface area contributed by atoms with Crippen LogP contribution < -0.4 is 27.3 Å². The Hall–Kier alpha value is -1.24. The van der Waals surface area contributed by atoms with Gasteiger partial charge in [0.15, 0.2) is 0 Å². The molecule has 1 atom stereocenters. The summed E-state index contributed by atoms with van der Waals surface area (Å²) in [4.78, 5) is 0. The summed E-state index contributed by atoms with van der Waals surface area (Å²) in [5.41, 5.74) is 3.02. The molecule has 5 heteroatoms. The second-order valence-electron chi connectivity index (χ2n) is 4.67. The van der Waals surface area contributed by atoms with E-state index in [-0.39, 0.29) is 16.4 Å². The molecule has 80 valence electrons. The van der Waals surface area contributed by atoms with Crippen LogP contribution in [0.15, 0.2) is 30.4 Å². The molecule has 0 nitrogen and oxygen atoms in total. The Kier molecular flexibility index (Phi) is 4.03. The number of allylic oxidation sites excluding steroid dienone is 6. The fourth-order valence-corrected chi connectivity index (χ4v) is 2.04. The molecule has 0 heterocycles. The number of hydrogen-bond acceptors (Lipinski definition) is 0. The lowest BCUT2D eigenvalue weighted by molar-refractivity contribution is 0.943. The van der Waals surface area contributed by atoms with Crippen LogP contribution in [0.2, 0.25) is 0 Å². The minimum absolute atomic E-state index is 0.237. The molecule has 0 saturated carbocycles. The van der Waals surface area contributed by atoms with Gasteiger partial charge in [-0.15, -0.1) is 16.4 Å². The van der Waals surface area contributed by atoms with E-state index in [0.29, 0.717) is 22.4 Å². The lowest BCUT2D eigenvalue weighted by atomic mass is 9.59. The van der Waals surface area contributed by atoms with E-state index in [0.717, 1.165) is 5.57 Å². The molecule has 1 aromatic rings. The van der Waals surface area contributed by atoms with E-state index in [1.807, 2.05) is 18.2 Å². The van der Waals surface area contributed by atoms with Crippen LogP contribution >= 0.6 is 0 Å². The summed E-state index contributed by atoms with van der Waals surface area (Å²) >= 11 is 0. The molecule has 1 aliphatic rings. The van der Waals surface area contributed by atoms with Crippen molar-refractivity contribution in [3.05, 3.63) is 35.9 Å². The summed E-state index contributed by atoms with van der Waals surface area (Å²) < 4.78 is 0. The predicted octanol–water partition coefficient (Wildman–Crippen LogP) is -2.20. The summed E-state index contributed by atoms with van der Waals surface area (Å²) in [6.45, 7) is 2.09. The second-order valence-corrected chi connectivity index (χ2v) is 4.67. The molecule has 1 unspecified atom stereocenters. The molecule has 2 rings (SSSR count). The molecule has 0 amide bonds. The Morgan fingerprint density at radius 1 is 0.789 bits per heavy atom. The Morgan fingerprint density at radius 3 is 1.89 bits per heavy atom. The fraction of sp³-hybridized carbons (Fsp3) is 0.143. The molecule has 1 aliphatic carbocycles. The molecule has 0 bridgehead atoms. The predicted molar refractivity (Wildman–Crippen MR) is 88.8 cm³/mol. The molecular weight excluding hydrogens is 222 g/mol. The topological polar surface area (TPSA) is 0 Å². The van der Waals surface area contributed by atoms with Gasteiger partial charge in [0.2, 0.25) is 0 Å². The van der Waals surface area contributed by atoms with E-state index in [1.54, 1.807) is 0 Å². The zero-order valence-electron chi connectivity index (χ0n) is 10.9. The SMILES string of the molecule is [B]c1c([B])c([B])c(C2=CC=CC(C)C=C2)c([B])c1[B]. The van der Waals surface area contributed by atoms with E-state index < -0.39 is 0 Å².